The Labute approximate surface area is 254 Å². The first kappa shape index (κ1) is 33.3. The Balaban J connectivity index is 0.000000282. The topological polar surface area (TPSA) is 111 Å². The van der Waals surface area contributed by atoms with Crippen LogP contribution >= 0.6 is 0 Å². The minimum Gasteiger partial charge on any atom is -0.444 e. The second kappa shape index (κ2) is 16.5. The van der Waals surface area contributed by atoms with E-state index in [0.29, 0.717) is 19.6 Å². The highest BCUT2D eigenvalue weighted by atomic mass is 32.2. The Morgan fingerprint density at radius 2 is 1.23 bits per heavy atom. The molecule has 9 heteroatoms. The number of hydrogen-bond donors (Lipinski definition) is 2. The molecule has 0 aliphatic heterocycles. The summed E-state index contributed by atoms with van der Waals surface area (Å²) in [7, 11) is -3.90. The fraction of sp³-hybridized carbons (Fsp3) is 0.265. The number of amides is 1. The zero-order valence-electron chi connectivity index (χ0n) is 24.7. The minimum absolute atomic E-state index is 0.0704. The molecule has 1 amide bonds. The lowest BCUT2D eigenvalue weighted by Crippen LogP contribution is -2.42. The molecule has 0 spiro atoms. The lowest BCUT2D eigenvalue weighted by molar-refractivity contribution is 0.0482. The summed E-state index contributed by atoms with van der Waals surface area (Å²) in [6.07, 6.45) is -0.262. The van der Waals surface area contributed by atoms with E-state index in [1.54, 1.807) is 51.1 Å². The molecule has 0 bridgehead atoms. The molecule has 1 atom stereocenters. The van der Waals surface area contributed by atoms with Crippen molar-refractivity contribution >= 4 is 16.2 Å². The van der Waals surface area contributed by atoms with Gasteiger partial charge in [-0.25, -0.2) is 4.79 Å². The van der Waals surface area contributed by atoms with Crippen molar-refractivity contribution in [3.63, 3.8) is 0 Å². The van der Waals surface area contributed by atoms with E-state index < -0.39 is 27.9 Å². The summed E-state index contributed by atoms with van der Waals surface area (Å²) in [5.41, 5.74) is 2.59. The van der Waals surface area contributed by atoms with Gasteiger partial charge >= 0.3 is 16.2 Å². The summed E-state index contributed by atoms with van der Waals surface area (Å²) in [6, 6.07) is 34.2. The number of aliphatic hydroxyl groups is 1. The Morgan fingerprint density at radius 1 is 0.744 bits per heavy atom. The summed E-state index contributed by atoms with van der Waals surface area (Å²) in [5.74, 6) is 0.174. The van der Waals surface area contributed by atoms with Gasteiger partial charge in [0.05, 0.1) is 25.9 Å². The van der Waals surface area contributed by atoms with Crippen LogP contribution in [0.5, 0.6) is 5.75 Å². The van der Waals surface area contributed by atoms with Crippen molar-refractivity contribution in [2.45, 2.75) is 56.9 Å². The van der Waals surface area contributed by atoms with Crippen LogP contribution in [-0.2, 0) is 39.2 Å². The molecule has 8 nitrogen and oxygen atoms in total. The van der Waals surface area contributed by atoms with E-state index in [2.05, 4.69) is 29.6 Å². The second-order valence-corrected chi connectivity index (χ2v) is 12.2. The van der Waals surface area contributed by atoms with E-state index in [-0.39, 0.29) is 17.3 Å². The molecule has 228 valence electrons. The maximum absolute atomic E-state index is 12.2. The van der Waals surface area contributed by atoms with Crippen molar-refractivity contribution in [2.24, 2.45) is 0 Å². The SMILES string of the molecule is CC(C)(C)OC(=O)NC(CO)Cc1ccc(OS(=O)(=O)c2ccccc2)cc1.c1ccc(COCc2ccccc2)cc1. The van der Waals surface area contributed by atoms with Crippen molar-refractivity contribution in [1.82, 2.24) is 5.32 Å². The molecule has 0 fully saturated rings. The molecule has 0 aliphatic rings. The standard InChI is InChI=1S/C20H25NO6S.C14H14O/c1-20(2,3)26-19(23)21-16(14-22)13-15-9-11-17(12-10-15)27-28(24,25)18-7-5-4-6-8-18;1-3-7-13(8-4-1)11-15-12-14-9-5-2-6-10-14/h4-12,16,22H,13-14H2,1-3H3,(H,21,23);1-10H,11-12H2. The van der Waals surface area contributed by atoms with Gasteiger partial charge in [0.1, 0.15) is 16.2 Å². The molecule has 0 radical (unpaired) electrons. The van der Waals surface area contributed by atoms with Gasteiger partial charge in [0.25, 0.3) is 0 Å². The molecule has 4 aromatic rings. The molecule has 4 aromatic carbocycles. The van der Waals surface area contributed by atoms with Crippen molar-refractivity contribution in [3.8, 4) is 5.75 Å². The summed E-state index contributed by atoms with van der Waals surface area (Å²) in [6.45, 7) is 6.35. The number of nitrogens with one attached hydrogen (secondary N) is 1. The molecule has 1 unspecified atom stereocenters. The summed E-state index contributed by atoms with van der Waals surface area (Å²) >= 11 is 0. The van der Waals surface area contributed by atoms with Crippen LogP contribution in [-0.4, -0.2) is 37.9 Å². The number of ether oxygens (including phenoxy) is 2. The highest BCUT2D eigenvalue weighted by Crippen LogP contribution is 2.20. The average molecular weight is 606 g/mol. The Morgan fingerprint density at radius 3 is 1.70 bits per heavy atom. The first-order valence-corrected chi connectivity index (χ1v) is 15.3. The number of rotatable bonds is 11. The van der Waals surface area contributed by atoms with Crippen LogP contribution < -0.4 is 9.50 Å². The van der Waals surface area contributed by atoms with Gasteiger partial charge in [-0.1, -0.05) is 91.0 Å². The van der Waals surface area contributed by atoms with Gasteiger partial charge in [0.2, 0.25) is 0 Å². The van der Waals surface area contributed by atoms with Gasteiger partial charge in [-0.05, 0) is 68.1 Å². The van der Waals surface area contributed by atoms with Crippen LogP contribution in [0.1, 0.15) is 37.5 Å². The van der Waals surface area contributed by atoms with Crippen LogP contribution in [0, 0.1) is 0 Å². The monoisotopic (exact) mass is 605 g/mol. The Bertz CT molecular complexity index is 1430. The van der Waals surface area contributed by atoms with Crippen molar-refractivity contribution in [2.75, 3.05) is 6.61 Å². The van der Waals surface area contributed by atoms with Crippen molar-refractivity contribution < 1.29 is 32.0 Å². The third-order valence-corrected chi connectivity index (χ3v) is 7.07. The van der Waals surface area contributed by atoms with Crippen LogP contribution in [0.25, 0.3) is 0 Å². The zero-order chi connectivity index (χ0) is 31.1. The summed E-state index contributed by atoms with van der Waals surface area (Å²) in [5, 5.41) is 12.1. The Hall–Kier alpha value is -4.18. The number of carbonyl (C=O) groups is 1. The first-order valence-electron chi connectivity index (χ1n) is 13.9. The number of alkyl carbamates (subject to hydrolysis) is 1. The molecular weight excluding hydrogens is 566 g/mol. The van der Waals surface area contributed by atoms with Crippen LogP contribution in [0.3, 0.4) is 0 Å². The lowest BCUT2D eigenvalue weighted by Gasteiger charge is -2.22. The van der Waals surface area contributed by atoms with Crippen LogP contribution in [0.15, 0.2) is 120 Å². The summed E-state index contributed by atoms with van der Waals surface area (Å²) in [4.78, 5) is 11.9. The van der Waals surface area contributed by atoms with E-state index in [0.717, 1.165) is 5.56 Å². The third-order valence-electron chi connectivity index (χ3n) is 5.81. The number of aliphatic hydroxyl groups excluding tert-OH is 1. The minimum atomic E-state index is -3.90. The average Bonchev–Trinajstić information content (AvgIpc) is 2.98. The molecule has 0 saturated carbocycles. The smallest absolute Gasteiger partial charge is 0.407 e. The van der Waals surface area contributed by atoms with Gasteiger partial charge < -0.3 is 24.1 Å². The largest absolute Gasteiger partial charge is 0.444 e. The molecule has 0 heterocycles. The quantitative estimate of drug-likeness (QED) is 0.193. The van der Waals surface area contributed by atoms with Gasteiger partial charge in [0, 0.05) is 0 Å². The van der Waals surface area contributed by atoms with E-state index >= 15 is 0 Å². The van der Waals surface area contributed by atoms with Crippen molar-refractivity contribution in [1.29, 1.82) is 0 Å². The van der Waals surface area contributed by atoms with Crippen LogP contribution in [0.2, 0.25) is 0 Å². The van der Waals surface area contributed by atoms with E-state index in [4.69, 9.17) is 13.7 Å². The third kappa shape index (κ3) is 12.7. The predicted octanol–water partition coefficient (Wildman–Crippen LogP) is 6.29. The second-order valence-electron chi connectivity index (χ2n) is 10.7. The number of carbonyl (C=O) groups excluding carboxylic acids is 1. The molecule has 0 aromatic heterocycles. The highest BCUT2D eigenvalue weighted by molar-refractivity contribution is 7.87. The Kier molecular flexibility index (Phi) is 12.8. The van der Waals surface area contributed by atoms with Gasteiger partial charge in [-0.2, -0.15) is 8.42 Å². The lowest BCUT2D eigenvalue weighted by atomic mass is 10.1. The van der Waals surface area contributed by atoms with Crippen molar-refractivity contribution in [3.05, 3.63) is 132 Å². The molecular formula is C34H39NO7S. The summed E-state index contributed by atoms with van der Waals surface area (Å²) < 4.78 is 40.4. The van der Waals surface area contributed by atoms with Gasteiger partial charge in [-0.15, -0.1) is 0 Å². The van der Waals surface area contributed by atoms with Gasteiger partial charge in [-0.3, -0.25) is 0 Å². The normalized spacial score (nSPS) is 11.9. The van der Waals surface area contributed by atoms with Gasteiger partial charge in [0.15, 0.2) is 0 Å². The fourth-order valence-electron chi connectivity index (χ4n) is 3.80. The number of benzene rings is 4. The molecule has 4 rings (SSSR count). The maximum atomic E-state index is 12.2. The fourth-order valence-corrected chi connectivity index (χ4v) is 4.75. The zero-order valence-corrected chi connectivity index (χ0v) is 25.5. The highest BCUT2D eigenvalue weighted by Gasteiger charge is 2.20. The van der Waals surface area contributed by atoms with E-state index in [1.165, 1.54) is 35.4 Å². The van der Waals surface area contributed by atoms with Crippen LogP contribution in [0.4, 0.5) is 4.79 Å². The number of hydrogen-bond acceptors (Lipinski definition) is 7. The molecule has 0 aliphatic carbocycles. The first-order chi connectivity index (χ1) is 20.5. The van der Waals surface area contributed by atoms with E-state index in [1.807, 2.05) is 36.4 Å². The predicted molar refractivity (Wildman–Crippen MR) is 166 cm³/mol. The molecule has 43 heavy (non-hydrogen) atoms. The van der Waals surface area contributed by atoms with E-state index in [9.17, 15) is 18.3 Å². The maximum Gasteiger partial charge on any atom is 0.407 e. The molecule has 2 N–H and O–H groups in total. The molecule has 0 saturated heterocycles.